The van der Waals surface area contributed by atoms with E-state index in [1.54, 1.807) is 36.4 Å². The number of nitrogen functional groups attached to an aromatic ring is 1. The van der Waals surface area contributed by atoms with E-state index in [4.69, 9.17) is 28.3 Å². The lowest BCUT2D eigenvalue weighted by Gasteiger charge is -2.21. The van der Waals surface area contributed by atoms with Crippen LogP contribution in [0, 0.1) is 0 Å². The van der Waals surface area contributed by atoms with Crippen molar-refractivity contribution in [2.45, 2.75) is 0 Å². The fourth-order valence-corrected chi connectivity index (χ4v) is 4.35. The van der Waals surface area contributed by atoms with E-state index in [1.165, 1.54) is 33.5 Å². The molecule has 0 heterocycles. The topological polar surface area (TPSA) is 140 Å². The first-order valence-electron chi connectivity index (χ1n) is 9.99. The maximum absolute atomic E-state index is 12.2. The number of hydrogen-bond acceptors (Lipinski definition) is 10. The van der Waals surface area contributed by atoms with Gasteiger partial charge in [0.05, 0.1) is 45.1 Å². The lowest BCUT2D eigenvalue weighted by Crippen LogP contribution is -2.09. The summed E-state index contributed by atoms with van der Waals surface area (Å²) in [5.41, 5.74) is 8.12. The number of methoxy groups -OCH3 is 3. The average molecular weight is 524 g/mol. The SMILES string of the molecule is COc1cc(-c2c(OC)cc(-c3ccc(OS(C)(=O)=O)cc3)c(OC)c2OS(C)(=O)=O)ccc1N. The fraction of sp³-hybridized carbons (Fsp3) is 0.217. The third-order valence-corrected chi connectivity index (χ3v) is 5.76. The summed E-state index contributed by atoms with van der Waals surface area (Å²) in [6, 6.07) is 12.6. The molecule has 2 N–H and O–H groups in total. The Morgan fingerprint density at radius 3 is 1.74 bits per heavy atom. The minimum Gasteiger partial charge on any atom is -0.496 e. The van der Waals surface area contributed by atoms with Crippen molar-refractivity contribution in [3.8, 4) is 51.0 Å². The molecular weight excluding hydrogens is 498 g/mol. The molecule has 0 saturated heterocycles. The average Bonchev–Trinajstić information content (AvgIpc) is 2.77. The third-order valence-electron chi connectivity index (χ3n) is 4.79. The maximum atomic E-state index is 12.2. The molecule has 0 fully saturated rings. The predicted molar refractivity (Wildman–Crippen MR) is 132 cm³/mol. The van der Waals surface area contributed by atoms with Crippen LogP contribution in [-0.4, -0.2) is 50.7 Å². The molecule has 0 bridgehead atoms. The van der Waals surface area contributed by atoms with Gasteiger partial charge in [0, 0.05) is 5.56 Å². The van der Waals surface area contributed by atoms with Crippen LogP contribution in [0.25, 0.3) is 22.3 Å². The molecule has 3 aromatic rings. The van der Waals surface area contributed by atoms with E-state index < -0.39 is 20.2 Å². The first-order valence-corrected chi connectivity index (χ1v) is 13.6. The van der Waals surface area contributed by atoms with Crippen LogP contribution in [0.5, 0.6) is 28.7 Å². The number of ether oxygens (including phenoxy) is 3. The highest BCUT2D eigenvalue weighted by molar-refractivity contribution is 7.86. The lowest BCUT2D eigenvalue weighted by atomic mass is 9.96. The highest BCUT2D eigenvalue weighted by Crippen LogP contribution is 2.51. The predicted octanol–water partition coefficient (Wildman–Crippen LogP) is 3.31. The van der Waals surface area contributed by atoms with Gasteiger partial charge in [-0.05, 0) is 41.5 Å². The van der Waals surface area contributed by atoms with Crippen LogP contribution in [-0.2, 0) is 20.2 Å². The number of nitrogens with two attached hydrogens (primary N) is 1. The van der Waals surface area contributed by atoms with Crippen molar-refractivity contribution in [1.82, 2.24) is 0 Å². The van der Waals surface area contributed by atoms with Gasteiger partial charge >= 0.3 is 20.2 Å². The Balaban J connectivity index is 2.31. The van der Waals surface area contributed by atoms with Crippen LogP contribution in [0.3, 0.4) is 0 Å². The van der Waals surface area contributed by atoms with E-state index in [0.717, 1.165) is 12.5 Å². The van der Waals surface area contributed by atoms with Crippen LogP contribution >= 0.6 is 0 Å². The molecule has 12 heteroatoms. The van der Waals surface area contributed by atoms with Gasteiger partial charge in [0.25, 0.3) is 0 Å². The molecule has 10 nitrogen and oxygen atoms in total. The van der Waals surface area contributed by atoms with Crippen molar-refractivity contribution < 1.29 is 39.4 Å². The first kappa shape index (κ1) is 26.0. The van der Waals surface area contributed by atoms with Crippen LogP contribution in [0.15, 0.2) is 48.5 Å². The summed E-state index contributed by atoms with van der Waals surface area (Å²) < 4.78 is 74.0. The van der Waals surface area contributed by atoms with E-state index in [2.05, 4.69) is 0 Å². The second-order valence-electron chi connectivity index (χ2n) is 7.42. The standard InChI is InChI=1S/C23H25NO9S2/c1-29-19-12-15(8-11-18(19)24)21-20(30-2)13-17(22(31-3)23(21)33-35(5,27)28)14-6-9-16(10-7-14)32-34(4,25)26/h6-13H,24H2,1-5H3. The monoisotopic (exact) mass is 523 g/mol. The van der Waals surface area contributed by atoms with Crippen molar-refractivity contribution in [3.63, 3.8) is 0 Å². The van der Waals surface area contributed by atoms with Crippen molar-refractivity contribution in [2.24, 2.45) is 0 Å². The molecule has 0 spiro atoms. The van der Waals surface area contributed by atoms with Gasteiger partial charge in [-0.25, -0.2) is 0 Å². The smallest absolute Gasteiger partial charge is 0.306 e. The zero-order chi connectivity index (χ0) is 26.0. The Labute approximate surface area is 204 Å². The molecule has 0 aliphatic heterocycles. The molecule has 0 aliphatic carbocycles. The van der Waals surface area contributed by atoms with Gasteiger partial charge in [-0.1, -0.05) is 18.2 Å². The molecule has 0 unspecified atom stereocenters. The largest absolute Gasteiger partial charge is 0.496 e. The summed E-state index contributed by atoms with van der Waals surface area (Å²) in [7, 11) is -3.44. The van der Waals surface area contributed by atoms with Crippen molar-refractivity contribution >= 4 is 25.9 Å². The quantitative estimate of drug-likeness (QED) is 0.328. The summed E-state index contributed by atoms with van der Waals surface area (Å²) in [6.07, 6.45) is 1.85. The van der Waals surface area contributed by atoms with E-state index in [9.17, 15) is 16.8 Å². The minimum absolute atomic E-state index is 0.104. The highest BCUT2D eigenvalue weighted by Gasteiger charge is 2.26. The Bertz CT molecular complexity index is 1450. The van der Waals surface area contributed by atoms with Gasteiger partial charge < -0.3 is 28.3 Å². The van der Waals surface area contributed by atoms with E-state index in [-0.39, 0.29) is 23.0 Å². The fourth-order valence-electron chi connectivity index (χ4n) is 3.43. The molecule has 35 heavy (non-hydrogen) atoms. The van der Waals surface area contributed by atoms with Gasteiger partial charge in [-0.2, -0.15) is 16.8 Å². The van der Waals surface area contributed by atoms with Crippen molar-refractivity contribution in [2.75, 3.05) is 39.6 Å². The second-order valence-corrected chi connectivity index (χ2v) is 10.6. The summed E-state index contributed by atoms with van der Waals surface area (Å²) in [5.74, 6) is 0.772. The van der Waals surface area contributed by atoms with Gasteiger partial charge in [0.1, 0.15) is 17.2 Å². The molecule has 188 valence electrons. The summed E-state index contributed by atoms with van der Waals surface area (Å²) in [6.45, 7) is 0. The number of rotatable bonds is 9. The summed E-state index contributed by atoms with van der Waals surface area (Å²) in [5, 5.41) is 0. The molecular formula is C23H25NO9S2. The second kappa shape index (κ2) is 9.92. The van der Waals surface area contributed by atoms with Gasteiger partial charge in [0.15, 0.2) is 11.5 Å². The molecule has 0 amide bonds. The zero-order valence-corrected chi connectivity index (χ0v) is 21.3. The maximum Gasteiger partial charge on any atom is 0.306 e. The number of benzene rings is 3. The van der Waals surface area contributed by atoms with Gasteiger partial charge in [0.2, 0.25) is 0 Å². The van der Waals surface area contributed by atoms with Gasteiger partial charge in [-0.15, -0.1) is 0 Å². The molecule has 0 aromatic heterocycles. The molecule has 3 aromatic carbocycles. The Hall–Kier alpha value is -3.64. The molecule has 3 rings (SSSR count). The molecule has 0 aliphatic rings. The number of hydrogen-bond donors (Lipinski definition) is 1. The normalized spacial score (nSPS) is 11.6. The molecule has 0 saturated carbocycles. The van der Waals surface area contributed by atoms with Crippen LogP contribution < -0.4 is 28.3 Å². The Morgan fingerprint density at radius 2 is 1.23 bits per heavy atom. The van der Waals surface area contributed by atoms with Crippen LogP contribution in [0.4, 0.5) is 5.69 Å². The lowest BCUT2D eigenvalue weighted by molar-refractivity contribution is 0.386. The zero-order valence-electron chi connectivity index (χ0n) is 19.7. The van der Waals surface area contributed by atoms with Crippen LogP contribution in [0.2, 0.25) is 0 Å². The van der Waals surface area contributed by atoms with E-state index >= 15 is 0 Å². The van der Waals surface area contributed by atoms with E-state index in [0.29, 0.717) is 33.7 Å². The molecule has 0 atom stereocenters. The minimum atomic E-state index is -3.99. The summed E-state index contributed by atoms with van der Waals surface area (Å²) in [4.78, 5) is 0. The highest BCUT2D eigenvalue weighted by atomic mass is 32.2. The van der Waals surface area contributed by atoms with E-state index in [1.807, 2.05) is 0 Å². The first-order chi connectivity index (χ1) is 16.4. The Kier molecular flexibility index (Phi) is 7.36. The summed E-state index contributed by atoms with van der Waals surface area (Å²) >= 11 is 0. The Morgan fingerprint density at radius 1 is 0.657 bits per heavy atom. The third kappa shape index (κ3) is 6.08. The number of anilines is 1. The molecule has 0 radical (unpaired) electrons. The van der Waals surface area contributed by atoms with Gasteiger partial charge in [-0.3, -0.25) is 0 Å². The van der Waals surface area contributed by atoms with Crippen LogP contribution in [0.1, 0.15) is 0 Å². The van der Waals surface area contributed by atoms with Crippen molar-refractivity contribution in [1.29, 1.82) is 0 Å². The van der Waals surface area contributed by atoms with Crippen molar-refractivity contribution in [3.05, 3.63) is 48.5 Å².